The lowest BCUT2D eigenvalue weighted by atomic mass is 9.88. The molecule has 256 valence electrons. The van der Waals surface area contributed by atoms with Gasteiger partial charge in [0.05, 0.1) is 10.7 Å². The second kappa shape index (κ2) is 33.9. The number of nitrogens with zero attached hydrogens (tertiary/aromatic N) is 2. The van der Waals surface area contributed by atoms with Crippen LogP contribution in [0.1, 0.15) is 67.1 Å². The Balaban J connectivity index is -0.00000120. The van der Waals surface area contributed by atoms with E-state index in [4.69, 9.17) is 19.4 Å². The van der Waals surface area contributed by atoms with Gasteiger partial charge in [0.1, 0.15) is 13.6 Å². The molecule has 0 radical (unpaired) electrons. The number of primary amides is 1. The summed E-state index contributed by atoms with van der Waals surface area (Å²) in [5, 5.41) is 1.33. The fourth-order valence-corrected chi connectivity index (χ4v) is 6.13. The molecule has 0 spiro atoms. The Hall–Kier alpha value is -3.02. The highest BCUT2D eigenvalue weighted by Gasteiger charge is 2.21. The first-order valence-electron chi connectivity index (χ1n) is 15.6. The van der Waals surface area contributed by atoms with Crippen molar-refractivity contribution in [2.75, 3.05) is 40.8 Å². The van der Waals surface area contributed by atoms with Crippen molar-refractivity contribution in [2.24, 2.45) is 40.7 Å². The normalized spacial score (nSPS) is 15.2. The SMILES string of the molecule is C=O.C=O.CC(C)C1C=Cc2nc(CCC(C/C=C/CN3CCCCC3)Cc3ccccc3)sc2C1.CN.CN.CN.NC=O. The molecule has 4 rings (SSSR count). The summed E-state index contributed by atoms with van der Waals surface area (Å²) >= 11 is 1.96. The first-order chi connectivity index (χ1) is 22.1. The summed E-state index contributed by atoms with van der Waals surface area (Å²) in [5.74, 6) is 2.05. The average Bonchev–Trinajstić information content (AvgIpc) is 3.53. The lowest BCUT2D eigenvalue weighted by molar-refractivity contribution is -0.107. The third-order valence-electron chi connectivity index (χ3n) is 7.13. The molecule has 2 unspecified atom stereocenters. The number of likely N-dealkylation sites (tertiary alicyclic amines) is 1. The van der Waals surface area contributed by atoms with E-state index in [-0.39, 0.29) is 6.41 Å². The van der Waals surface area contributed by atoms with Crippen LogP contribution in [0.2, 0.25) is 0 Å². The molecule has 1 amide bonds. The topological polar surface area (TPSA) is 171 Å². The number of carbonyl (C=O) groups excluding carboxylic acids is 3. The molecule has 1 aromatic heterocycles. The van der Waals surface area contributed by atoms with Gasteiger partial charge in [-0.1, -0.05) is 68.8 Å². The molecule has 10 heteroatoms. The second-order valence-electron chi connectivity index (χ2n) is 10.2. The number of benzene rings is 1. The minimum absolute atomic E-state index is 0.250. The van der Waals surface area contributed by atoms with Crippen LogP contribution in [-0.2, 0) is 33.6 Å². The van der Waals surface area contributed by atoms with E-state index in [9.17, 15) is 0 Å². The van der Waals surface area contributed by atoms with Gasteiger partial charge in [-0.05, 0) is 109 Å². The quantitative estimate of drug-likeness (QED) is 0.213. The van der Waals surface area contributed by atoms with Crippen LogP contribution >= 0.6 is 11.3 Å². The lowest BCUT2D eigenvalue weighted by Gasteiger charge is -2.24. The van der Waals surface area contributed by atoms with Gasteiger partial charge in [-0.25, -0.2) is 4.98 Å². The maximum atomic E-state index is 8.58. The summed E-state index contributed by atoms with van der Waals surface area (Å²) in [6, 6.07) is 11.0. The molecule has 1 aliphatic heterocycles. The minimum atomic E-state index is 0.250. The predicted molar refractivity (Wildman–Crippen MR) is 194 cm³/mol. The molecule has 0 bridgehead atoms. The summed E-state index contributed by atoms with van der Waals surface area (Å²) in [6.45, 7) is 12.3. The van der Waals surface area contributed by atoms with Gasteiger partial charge >= 0.3 is 0 Å². The smallest absolute Gasteiger partial charge is 0.204 e. The Labute approximate surface area is 277 Å². The molecule has 2 heterocycles. The Morgan fingerprint density at radius 3 is 2.09 bits per heavy atom. The van der Waals surface area contributed by atoms with Crippen molar-refractivity contribution in [3.63, 3.8) is 0 Å². The second-order valence-corrected chi connectivity index (χ2v) is 11.4. The highest BCUT2D eigenvalue weighted by molar-refractivity contribution is 7.11. The van der Waals surface area contributed by atoms with E-state index in [0.717, 1.165) is 19.4 Å². The van der Waals surface area contributed by atoms with Crippen LogP contribution in [0.15, 0.2) is 48.6 Å². The first kappa shape index (κ1) is 46.4. The van der Waals surface area contributed by atoms with Gasteiger partial charge in [0.25, 0.3) is 0 Å². The number of aromatic nitrogens is 1. The number of rotatable bonds is 10. The predicted octanol–water partition coefficient (Wildman–Crippen LogP) is 4.66. The number of thiazole rings is 1. The summed E-state index contributed by atoms with van der Waals surface area (Å²) in [7, 11) is 4.50. The molecule has 2 atom stereocenters. The van der Waals surface area contributed by atoms with E-state index >= 15 is 0 Å². The van der Waals surface area contributed by atoms with Crippen molar-refractivity contribution in [2.45, 2.75) is 65.2 Å². The van der Waals surface area contributed by atoms with Crippen molar-refractivity contribution in [1.29, 1.82) is 0 Å². The highest BCUT2D eigenvalue weighted by Crippen LogP contribution is 2.32. The fraction of sp³-hybridized carbons (Fsp3) is 0.543. The number of allylic oxidation sites excluding steroid dienone is 2. The van der Waals surface area contributed by atoms with Crippen LogP contribution in [0.3, 0.4) is 0 Å². The van der Waals surface area contributed by atoms with Crippen LogP contribution < -0.4 is 22.9 Å². The van der Waals surface area contributed by atoms with E-state index in [2.05, 4.69) is 96.3 Å². The highest BCUT2D eigenvalue weighted by atomic mass is 32.1. The molecule has 2 aromatic rings. The summed E-state index contributed by atoms with van der Waals surface area (Å²) in [5.41, 5.74) is 20.4. The molecule has 1 aliphatic carbocycles. The third kappa shape index (κ3) is 21.4. The molecule has 2 aliphatic rings. The zero-order valence-corrected chi connectivity index (χ0v) is 29.4. The number of carbonyl (C=O) groups is 3. The summed E-state index contributed by atoms with van der Waals surface area (Å²) < 4.78 is 0. The Kier molecular flexibility index (Phi) is 34.9. The monoisotopic (exact) mass is 646 g/mol. The fourth-order valence-electron chi connectivity index (χ4n) is 4.98. The van der Waals surface area contributed by atoms with Gasteiger partial charge in [-0.3, -0.25) is 9.69 Å². The first-order valence-corrected chi connectivity index (χ1v) is 16.4. The van der Waals surface area contributed by atoms with E-state index < -0.39 is 0 Å². The van der Waals surface area contributed by atoms with E-state index in [0.29, 0.717) is 17.8 Å². The molecule has 1 saturated heterocycles. The zero-order chi connectivity index (χ0) is 34.9. The number of piperidine rings is 1. The number of hydrogen-bond acceptors (Lipinski definition) is 9. The zero-order valence-electron chi connectivity index (χ0n) is 28.5. The summed E-state index contributed by atoms with van der Waals surface area (Å²) in [6.07, 6.45) is 19.7. The van der Waals surface area contributed by atoms with Crippen molar-refractivity contribution >= 4 is 37.4 Å². The van der Waals surface area contributed by atoms with E-state index in [1.807, 2.05) is 24.9 Å². The number of aryl methyl sites for hydroxylation is 1. The number of amides is 1. The molecule has 1 aromatic carbocycles. The van der Waals surface area contributed by atoms with Crippen molar-refractivity contribution in [1.82, 2.24) is 9.88 Å². The van der Waals surface area contributed by atoms with E-state index in [1.165, 1.54) is 93.9 Å². The Morgan fingerprint density at radius 1 is 0.956 bits per heavy atom. The van der Waals surface area contributed by atoms with Crippen molar-refractivity contribution < 1.29 is 14.4 Å². The molecule has 1 fully saturated rings. The Bertz CT molecular complexity index is 977. The van der Waals surface area contributed by atoms with Crippen molar-refractivity contribution in [3.05, 3.63) is 69.7 Å². The number of nitrogens with two attached hydrogens (primary N) is 4. The van der Waals surface area contributed by atoms with Gasteiger partial charge in [0.2, 0.25) is 6.41 Å². The third-order valence-corrected chi connectivity index (χ3v) is 8.29. The van der Waals surface area contributed by atoms with Gasteiger partial charge in [-0.2, -0.15) is 0 Å². The number of fused-ring (bicyclic) bond motifs is 1. The van der Waals surface area contributed by atoms with Crippen LogP contribution in [-0.4, -0.2) is 70.6 Å². The number of hydrogen-bond donors (Lipinski definition) is 4. The molecular weight excluding hydrogens is 584 g/mol. The van der Waals surface area contributed by atoms with Crippen LogP contribution in [0.4, 0.5) is 0 Å². The minimum Gasteiger partial charge on any atom is -0.372 e. The van der Waals surface area contributed by atoms with Gasteiger partial charge in [-0.15, -0.1) is 11.3 Å². The molecular formula is C35H62N6O3S. The molecule has 9 nitrogen and oxygen atoms in total. The van der Waals surface area contributed by atoms with Crippen molar-refractivity contribution in [3.8, 4) is 0 Å². The van der Waals surface area contributed by atoms with Gasteiger partial charge < -0.3 is 32.5 Å². The standard InChI is InChI=1S/C29H40N2S.CH3NO.3CH5N.2CH2O/c1-23(2)26-15-16-27-28(22-26)32-29(30-27)17-14-25(21-24-11-5-3-6-12-24)13-7-10-20-31-18-8-4-9-19-31;2-1-3;5*1-2/h3,5-7,10-12,15-16,23,25-26H,4,8-9,13-14,17-22H2,1-2H3;1H,(H2,2,3);3*2H2,1H3;2*1H2/b10-7+;;;;;;. The van der Waals surface area contributed by atoms with Gasteiger partial charge in [0.15, 0.2) is 0 Å². The Morgan fingerprint density at radius 2 is 1.53 bits per heavy atom. The molecule has 45 heavy (non-hydrogen) atoms. The molecule has 8 N–H and O–H groups in total. The van der Waals surface area contributed by atoms with Crippen LogP contribution in [0.5, 0.6) is 0 Å². The lowest BCUT2D eigenvalue weighted by Crippen LogP contribution is -2.29. The largest absolute Gasteiger partial charge is 0.372 e. The maximum absolute atomic E-state index is 8.58. The average molecular weight is 647 g/mol. The van der Waals surface area contributed by atoms with E-state index in [1.54, 1.807) is 0 Å². The van der Waals surface area contributed by atoms with Gasteiger partial charge in [0, 0.05) is 11.4 Å². The maximum Gasteiger partial charge on any atom is 0.204 e. The van der Waals surface area contributed by atoms with Crippen LogP contribution in [0.25, 0.3) is 6.08 Å². The molecule has 0 saturated carbocycles. The van der Waals surface area contributed by atoms with Crippen LogP contribution in [0, 0.1) is 17.8 Å². The summed E-state index contributed by atoms with van der Waals surface area (Å²) in [4.78, 5) is 33.7.